The van der Waals surface area contributed by atoms with Crippen LogP contribution in [0.25, 0.3) is 0 Å². The summed E-state index contributed by atoms with van der Waals surface area (Å²) in [6.45, 7) is 0.239. The van der Waals surface area contributed by atoms with E-state index in [1.165, 1.54) is 19.2 Å². The molecule has 12 heteroatoms. The van der Waals surface area contributed by atoms with Crippen LogP contribution in [0.1, 0.15) is 0 Å². The Hall–Kier alpha value is -3.32. The molecule has 0 spiro atoms. The van der Waals surface area contributed by atoms with E-state index in [-0.39, 0.29) is 18.1 Å². The number of nitrogens with one attached hydrogen (secondary N) is 1. The summed E-state index contributed by atoms with van der Waals surface area (Å²) in [6.07, 6.45) is -5.89. The largest absolute Gasteiger partial charge is 0.573 e. The number of alkyl halides is 3. The number of ether oxygens (including phenoxy) is 3. The predicted molar refractivity (Wildman–Crippen MR) is 131 cm³/mol. The zero-order chi connectivity index (χ0) is 26.2. The number of benzene rings is 3. The Bertz CT molecular complexity index is 1350. The standard InChI is InChI=1S/C25H24F3N3O5S/c1-29-37(33,17-12-10-16(11-13-17)36-25(26,27)28)30-18-14-34-15-21(24(18)32)31-19-6-2-4-8-22(19)35-23-9-5-3-7-20(23)31/h2-13,18,21,24,32H,14-15H2,1H3,(H,29,30,33)/t18-,21-,24-,37?/m0/s1. The van der Waals surface area contributed by atoms with Gasteiger partial charge in [0.1, 0.15) is 15.7 Å². The second kappa shape index (κ2) is 9.86. The van der Waals surface area contributed by atoms with Crippen LogP contribution in [-0.2, 0) is 14.7 Å². The van der Waals surface area contributed by atoms with Crippen LogP contribution in [0.4, 0.5) is 24.5 Å². The Morgan fingerprint density at radius 1 is 1.00 bits per heavy atom. The molecule has 2 aliphatic rings. The first-order valence-corrected chi connectivity index (χ1v) is 12.9. The van der Waals surface area contributed by atoms with Crippen molar-refractivity contribution < 1.29 is 36.7 Å². The van der Waals surface area contributed by atoms with Crippen molar-refractivity contribution in [2.24, 2.45) is 4.36 Å². The van der Waals surface area contributed by atoms with E-state index >= 15 is 0 Å². The third kappa shape index (κ3) is 5.10. The molecular weight excluding hydrogens is 511 g/mol. The van der Waals surface area contributed by atoms with Crippen molar-refractivity contribution in [1.82, 2.24) is 4.72 Å². The first-order valence-electron chi connectivity index (χ1n) is 11.4. The fourth-order valence-electron chi connectivity index (χ4n) is 4.46. The zero-order valence-corrected chi connectivity index (χ0v) is 20.4. The molecule has 0 radical (unpaired) electrons. The quantitative estimate of drug-likeness (QED) is 0.496. The molecule has 3 aromatic rings. The van der Waals surface area contributed by atoms with Gasteiger partial charge in [0, 0.05) is 7.05 Å². The van der Waals surface area contributed by atoms with Crippen molar-refractivity contribution in [3.63, 3.8) is 0 Å². The average Bonchev–Trinajstić information content (AvgIpc) is 2.88. The van der Waals surface area contributed by atoms with Gasteiger partial charge in [-0.3, -0.25) is 0 Å². The van der Waals surface area contributed by atoms with E-state index in [0.29, 0.717) is 11.5 Å². The van der Waals surface area contributed by atoms with Crippen LogP contribution in [0.15, 0.2) is 82.1 Å². The van der Waals surface area contributed by atoms with Gasteiger partial charge in [0.15, 0.2) is 11.5 Å². The third-order valence-electron chi connectivity index (χ3n) is 6.14. The number of fused-ring (bicyclic) bond motifs is 2. The maximum Gasteiger partial charge on any atom is 0.573 e. The fourth-order valence-corrected chi connectivity index (χ4v) is 6.03. The normalized spacial score (nSPS) is 22.7. The van der Waals surface area contributed by atoms with E-state index < -0.39 is 40.2 Å². The van der Waals surface area contributed by atoms with Crippen LogP contribution in [0.5, 0.6) is 17.2 Å². The van der Waals surface area contributed by atoms with Gasteiger partial charge < -0.3 is 24.2 Å². The maximum absolute atomic E-state index is 13.7. The lowest BCUT2D eigenvalue weighted by molar-refractivity contribution is -0.274. The molecule has 8 nitrogen and oxygen atoms in total. The topological polar surface area (TPSA) is 92.6 Å². The number of para-hydroxylation sites is 4. The molecule has 5 rings (SSSR count). The second-order valence-electron chi connectivity index (χ2n) is 8.45. The van der Waals surface area contributed by atoms with Gasteiger partial charge >= 0.3 is 6.36 Å². The van der Waals surface area contributed by atoms with Gasteiger partial charge in [0.05, 0.1) is 47.7 Å². The highest BCUT2D eigenvalue weighted by molar-refractivity contribution is 7.91. The predicted octanol–water partition coefficient (Wildman–Crippen LogP) is 4.62. The number of anilines is 2. The van der Waals surface area contributed by atoms with Crippen molar-refractivity contribution in [1.29, 1.82) is 0 Å². The van der Waals surface area contributed by atoms with Gasteiger partial charge in [0.25, 0.3) is 0 Å². The number of aliphatic hydroxyl groups excluding tert-OH is 1. The minimum absolute atomic E-state index is 0.0487. The number of hydrogen-bond donors (Lipinski definition) is 2. The van der Waals surface area contributed by atoms with E-state index in [2.05, 4.69) is 13.8 Å². The Kier molecular flexibility index (Phi) is 6.75. The lowest BCUT2D eigenvalue weighted by atomic mass is 9.98. The van der Waals surface area contributed by atoms with Crippen molar-refractivity contribution >= 4 is 21.3 Å². The summed E-state index contributed by atoms with van der Waals surface area (Å²) < 4.78 is 73.9. The number of rotatable bonds is 5. The van der Waals surface area contributed by atoms with Crippen LogP contribution < -0.4 is 19.1 Å². The summed E-state index contributed by atoms with van der Waals surface area (Å²) in [7, 11) is -1.99. The molecular formula is C25H24F3N3O5S. The lowest BCUT2D eigenvalue weighted by Crippen LogP contribution is -2.60. The van der Waals surface area contributed by atoms with E-state index in [9.17, 15) is 22.5 Å². The molecule has 2 heterocycles. The molecule has 2 N–H and O–H groups in total. The van der Waals surface area contributed by atoms with Crippen LogP contribution in [0.2, 0.25) is 0 Å². The summed E-state index contributed by atoms with van der Waals surface area (Å²) in [5, 5.41) is 11.5. The van der Waals surface area contributed by atoms with Crippen molar-refractivity contribution in [2.45, 2.75) is 29.4 Å². The van der Waals surface area contributed by atoms with Gasteiger partial charge in [-0.2, -0.15) is 0 Å². The molecule has 196 valence electrons. The van der Waals surface area contributed by atoms with Crippen molar-refractivity contribution in [3.05, 3.63) is 72.8 Å². The van der Waals surface area contributed by atoms with Crippen LogP contribution in [0.3, 0.4) is 0 Å². The van der Waals surface area contributed by atoms with E-state index in [1.54, 1.807) is 0 Å². The Morgan fingerprint density at radius 2 is 1.59 bits per heavy atom. The summed E-state index contributed by atoms with van der Waals surface area (Å²) in [5.74, 6) is 0.800. The van der Waals surface area contributed by atoms with Crippen molar-refractivity contribution in [3.8, 4) is 17.2 Å². The maximum atomic E-state index is 13.7. The lowest BCUT2D eigenvalue weighted by Gasteiger charge is -2.44. The molecule has 1 fully saturated rings. The third-order valence-corrected chi connectivity index (χ3v) is 8.19. The molecule has 1 saturated heterocycles. The summed E-state index contributed by atoms with van der Waals surface area (Å²) >= 11 is 0. The van der Waals surface area contributed by atoms with Crippen molar-refractivity contribution in [2.75, 3.05) is 25.2 Å². The second-order valence-corrected chi connectivity index (χ2v) is 10.6. The number of hydrogen-bond acceptors (Lipinski definition) is 7. The smallest absolute Gasteiger partial charge is 0.453 e. The summed E-state index contributed by atoms with van der Waals surface area (Å²) in [6, 6.07) is 18.1. The van der Waals surface area contributed by atoms with E-state index in [0.717, 1.165) is 23.5 Å². The minimum atomic E-state index is -4.84. The Morgan fingerprint density at radius 3 is 2.16 bits per heavy atom. The summed E-state index contributed by atoms with van der Waals surface area (Å²) in [4.78, 5) is 2.09. The van der Waals surface area contributed by atoms with Gasteiger partial charge in [-0.05, 0) is 48.5 Å². The van der Waals surface area contributed by atoms with Gasteiger partial charge in [0.2, 0.25) is 0 Å². The fraction of sp³-hybridized carbons (Fsp3) is 0.280. The Labute approximate surface area is 211 Å². The number of nitrogens with zero attached hydrogens (tertiary/aromatic N) is 2. The molecule has 3 aromatic carbocycles. The van der Waals surface area contributed by atoms with E-state index in [4.69, 9.17) is 9.47 Å². The van der Waals surface area contributed by atoms with Gasteiger partial charge in [-0.1, -0.05) is 24.3 Å². The van der Waals surface area contributed by atoms with E-state index in [1.807, 2.05) is 53.4 Å². The summed E-state index contributed by atoms with van der Waals surface area (Å²) in [5.41, 5.74) is 1.49. The first kappa shape index (κ1) is 25.3. The first-order chi connectivity index (χ1) is 17.7. The Balaban J connectivity index is 1.42. The molecule has 4 atom stereocenters. The van der Waals surface area contributed by atoms with Crippen LogP contribution >= 0.6 is 0 Å². The molecule has 0 bridgehead atoms. The average molecular weight is 536 g/mol. The number of aliphatic hydroxyl groups is 1. The molecule has 0 aromatic heterocycles. The highest BCUT2D eigenvalue weighted by Crippen LogP contribution is 2.48. The van der Waals surface area contributed by atoms with Crippen LogP contribution in [0, 0.1) is 0 Å². The monoisotopic (exact) mass is 535 g/mol. The molecule has 0 amide bonds. The van der Waals surface area contributed by atoms with Gasteiger partial charge in [-0.25, -0.2) is 13.3 Å². The highest BCUT2D eigenvalue weighted by Gasteiger charge is 2.41. The molecule has 37 heavy (non-hydrogen) atoms. The molecule has 0 aliphatic carbocycles. The zero-order valence-electron chi connectivity index (χ0n) is 19.6. The number of halogens is 3. The molecule has 2 aliphatic heterocycles. The molecule has 1 unspecified atom stereocenters. The SMILES string of the molecule is CN=S(=O)(N[C@H]1COC[C@H](N2c3ccccc3Oc3ccccc32)[C@H]1O)c1ccc(OC(F)(F)F)cc1. The van der Waals surface area contributed by atoms with Crippen LogP contribution in [-0.4, -0.2) is 54.1 Å². The minimum Gasteiger partial charge on any atom is -0.453 e. The highest BCUT2D eigenvalue weighted by atomic mass is 32.2. The van der Waals surface area contributed by atoms with Gasteiger partial charge in [-0.15, -0.1) is 13.2 Å². The molecule has 0 saturated carbocycles.